The molecule has 130 valence electrons. The largest absolute Gasteiger partial charge is 0.368 e. The maximum Gasteiger partial charge on any atom is 0.248 e. The molecular formula is C17H28N2O4. The summed E-state index contributed by atoms with van der Waals surface area (Å²) < 4.78 is 11.5. The van der Waals surface area contributed by atoms with Gasteiger partial charge in [-0.3, -0.25) is 9.59 Å². The lowest BCUT2D eigenvalue weighted by molar-refractivity contribution is -0.162. The van der Waals surface area contributed by atoms with Crippen LogP contribution in [-0.4, -0.2) is 73.7 Å². The highest BCUT2D eigenvalue weighted by Crippen LogP contribution is 2.28. The van der Waals surface area contributed by atoms with Crippen LogP contribution in [0.5, 0.6) is 0 Å². The topological polar surface area (TPSA) is 59.1 Å². The first-order valence-corrected chi connectivity index (χ1v) is 8.81. The quantitative estimate of drug-likeness (QED) is 0.762. The zero-order chi connectivity index (χ0) is 16.3. The molecule has 6 heteroatoms. The van der Waals surface area contributed by atoms with Gasteiger partial charge in [-0.2, -0.15) is 0 Å². The molecule has 0 aromatic heterocycles. The molecule has 2 aliphatic heterocycles. The lowest BCUT2D eigenvalue weighted by atomic mass is 9.86. The van der Waals surface area contributed by atoms with E-state index in [4.69, 9.17) is 9.47 Å². The second-order valence-electron chi connectivity index (χ2n) is 7.30. The smallest absolute Gasteiger partial charge is 0.248 e. The van der Waals surface area contributed by atoms with E-state index in [-0.39, 0.29) is 18.4 Å². The average Bonchev–Trinajstić information content (AvgIpc) is 2.68. The fourth-order valence-corrected chi connectivity index (χ4v) is 4.01. The van der Waals surface area contributed by atoms with Gasteiger partial charge < -0.3 is 19.3 Å². The van der Waals surface area contributed by atoms with Crippen molar-refractivity contribution in [1.29, 1.82) is 0 Å². The van der Waals surface area contributed by atoms with Crippen molar-refractivity contribution in [2.75, 3.05) is 46.5 Å². The minimum atomic E-state index is -0.568. The molecule has 2 heterocycles. The van der Waals surface area contributed by atoms with Gasteiger partial charge in [0, 0.05) is 20.0 Å². The number of hydrogen-bond acceptors (Lipinski definition) is 4. The molecule has 0 aromatic rings. The molecular weight excluding hydrogens is 296 g/mol. The normalized spacial score (nSPS) is 30.6. The summed E-state index contributed by atoms with van der Waals surface area (Å²) in [6, 6.07) is 0. The summed E-state index contributed by atoms with van der Waals surface area (Å²) in [5.74, 6) is 0.749. The maximum atomic E-state index is 12.7. The Balaban J connectivity index is 1.60. The molecule has 1 atom stereocenters. The number of carbonyl (C=O) groups is 2. The number of nitrogens with zero attached hydrogens (tertiary/aromatic N) is 2. The third-order valence-electron chi connectivity index (χ3n) is 5.33. The van der Waals surface area contributed by atoms with Gasteiger partial charge >= 0.3 is 0 Å². The Morgan fingerprint density at radius 2 is 2.04 bits per heavy atom. The van der Waals surface area contributed by atoms with E-state index in [1.807, 2.05) is 4.90 Å². The van der Waals surface area contributed by atoms with E-state index >= 15 is 0 Å². The van der Waals surface area contributed by atoms with Crippen molar-refractivity contribution in [3.8, 4) is 0 Å². The number of amides is 2. The lowest BCUT2D eigenvalue weighted by Crippen LogP contribution is -2.59. The fraction of sp³-hybridized carbons (Fsp3) is 0.882. The molecule has 3 aliphatic rings. The first kappa shape index (κ1) is 16.7. The second kappa shape index (κ2) is 7.18. The minimum Gasteiger partial charge on any atom is -0.368 e. The van der Waals surface area contributed by atoms with Crippen LogP contribution in [0, 0.1) is 5.92 Å². The molecule has 3 fully saturated rings. The van der Waals surface area contributed by atoms with Gasteiger partial charge in [-0.25, -0.2) is 0 Å². The SMILES string of the molecule is CN1CC2(COCC1=O)CN(C(=O)CC1CCCCC1)CCO2. The van der Waals surface area contributed by atoms with Crippen molar-refractivity contribution in [2.24, 2.45) is 5.92 Å². The number of morpholine rings is 1. The highest BCUT2D eigenvalue weighted by Gasteiger charge is 2.42. The summed E-state index contributed by atoms with van der Waals surface area (Å²) in [5, 5.41) is 0. The molecule has 1 aliphatic carbocycles. The van der Waals surface area contributed by atoms with Crippen molar-refractivity contribution in [3.63, 3.8) is 0 Å². The number of likely N-dealkylation sites (N-methyl/N-ethyl adjacent to an activating group) is 1. The van der Waals surface area contributed by atoms with E-state index in [1.165, 1.54) is 32.1 Å². The summed E-state index contributed by atoms with van der Waals surface area (Å²) in [4.78, 5) is 28.0. The van der Waals surface area contributed by atoms with E-state index in [2.05, 4.69) is 0 Å². The number of rotatable bonds is 2. The maximum absolute atomic E-state index is 12.7. The van der Waals surface area contributed by atoms with Gasteiger partial charge in [-0.1, -0.05) is 19.3 Å². The van der Waals surface area contributed by atoms with E-state index in [0.717, 1.165) is 0 Å². The van der Waals surface area contributed by atoms with Gasteiger partial charge in [0.05, 0.1) is 26.3 Å². The Kier molecular flexibility index (Phi) is 5.21. The van der Waals surface area contributed by atoms with Crippen LogP contribution in [0.2, 0.25) is 0 Å². The molecule has 23 heavy (non-hydrogen) atoms. The van der Waals surface area contributed by atoms with Crippen LogP contribution in [0.25, 0.3) is 0 Å². The standard InChI is InChI=1S/C17H28N2O4/c1-18-11-17(13-22-10-16(18)21)12-19(7-8-23-17)15(20)9-14-5-3-2-4-6-14/h14H,2-13H2,1H3. The highest BCUT2D eigenvalue weighted by molar-refractivity contribution is 5.78. The molecule has 2 saturated heterocycles. The lowest BCUT2D eigenvalue weighted by Gasteiger charge is -2.43. The van der Waals surface area contributed by atoms with E-state index in [0.29, 0.717) is 45.2 Å². The van der Waals surface area contributed by atoms with Gasteiger partial charge in [0.2, 0.25) is 11.8 Å². The first-order valence-electron chi connectivity index (χ1n) is 8.81. The van der Waals surface area contributed by atoms with Crippen molar-refractivity contribution in [2.45, 2.75) is 44.1 Å². The molecule has 3 rings (SSSR count). The summed E-state index contributed by atoms with van der Waals surface area (Å²) >= 11 is 0. The summed E-state index contributed by atoms with van der Waals surface area (Å²) in [7, 11) is 1.77. The zero-order valence-electron chi connectivity index (χ0n) is 14.1. The number of hydrogen-bond donors (Lipinski definition) is 0. The Morgan fingerprint density at radius 1 is 1.26 bits per heavy atom. The molecule has 0 bridgehead atoms. The van der Waals surface area contributed by atoms with Crippen LogP contribution in [-0.2, 0) is 19.1 Å². The van der Waals surface area contributed by atoms with Gasteiger partial charge in [-0.15, -0.1) is 0 Å². The number of ether oxygens (including phenoxy) is 2. The average molecular weight is 324 g/mol. The van der Waals surface area contributed by atoms with Gasteiger partial charge in [0.1, 0.15) is 12.2 Å². The Labute approximate surface area is 138 Å². The third-order valence-corrected chi connectivity index (χ3v) is 5.33. The van der Waals surface area contributed by atoms with Gasteiger partial charge in [0.15, 0.2) is 0 Å². The Hall–Kier alpha value is -1.14. The molecule has 2 amide bonds. The minimum absolute atomic E-state index is 0.0314. The van der Waals surface area contributed by atoms with E-state index in [1.54, 1.807) is 11.9 Å². The first-order chi connectivity index (χ1) is 11.1. The van der Waals surface area contributed by atoms with Crippen LogP contribution >= 0.6 is 0 Å². The highest BCUT2D eigenvalue weighted by atomic mass is 16.5. The monoisotopic (exact) mass is 324 g/mol. The van der Waals surface area contributed by atoms with Crippen molar-refractivity contribution in [3.05, 3.63) is 0 Å². The van der Waals surface area contributed by atoms with Gasteiger partial charge in [-0.05, 0) is 18.8 Å². The van der Waals surface area contributed by atoms with Crippen molar-refractivity contribution in [1.82, 2.24) is 9.80 Å². The van der Waals surface area contributed by atoms with Gasteiger partial charge in [0.25, 0.3) is 0 Å². The third kappa shape index (κ3) is 4.04. The molecule has 0 radical (unpaired) electrons. The molecule has 6 nitrogen and oxygen atoms in total. The van der Waals surface area contributed by atoms with E-state index in [9.17, 15) is 9.59 Å². The van der Waals surface area contributed by atoms with Crippen molar-refractivity contribution < 1.29 is 19.1 Å². The van der Waals surface area contributed by atoms with Crippen molar-refractivity contribution >= 4 is 11.8 Å². The summed E-state index contributed by atoms with van der Waals surface area (Å²) in [5.41, 5.74) is -0.568. The summed E-state index contributed by atoms with van der Waals surface area (Å²) in [6.07, 6.45) is 6.84. The molecule has 1 saturated carbocycles. The van der Waals surface area contributed by atoms with Crippen LogP contribution in [0.1, 0.15) is 38.5 Å². The van der Waals surface area contributed by atoms with Crippen LogP contribution < -0.4 is 0 Å². The van der Waals surface area contributed by atoms with Crippen LogP contribution in [0.15, 0.2) is 0 Å². The Morgan fingerprint density at radius 3 is 2.83 bits per heavy atom. The fourth-order valence-electron chi connectivity index (χ4n) is 4.01. The molecule has 0 N–H and O–H groups in total. The predicted octanol–water partition coefficient (Wildman–Crippen LogP) is 1.04. The second-order valence-corrected chi connectivity index (χ2v) is 7.30. The number of carbonyl (C=O) groups excluding carboxylic acids is 2. The predicted molar refractivity (Wildman–Crippen MR) is 84.9 cm³/mol. The molecule has 0 aromatic carbocycles. The molecule has 1 spiro atoms. The van der Waals surface area contributed by atoms with Crippen LogP contribution in [0.4, 0.5) is 0 Å². The molecule has 1 unspecified atom stereocenters. The summed E-state index contributed by atoms with van der Waals surface area (Å²) in [6.45, 7) is 2.63. The van der Waals surface area contributed by atoms with Crippen LogP contribution in [0.3, 0.4) is 0 Å². The van der Waals surface area contributed by atoms with E-state index < -0.39 is 5.60 Å². The zero-order valence-corrected chi connectivity index (χ0v) is 14.1. The Bertz CT molecular complexity index is 450.